The number of para-hydroxylation sites is 1. The number of benzene rings is 2. The van der Waals surface area contributed by atoms with Crippen molar-refractivity contribution >= 4 is 23.1 Å². The molecule has 9 nitrogen and oxygen atoms in total. The third-order valence-corrected chi connectivity index (χ3v) is 6.93. The molecular weight excluding hydrogens is 456 g/mol. The molecule has 4 aromatic rings. The molecule has 4 heterocycles. The molecule has 0 unspecified atom stereocenters. The lowest BCUT2D eigenvalue weighted by Gasteiger charge is -2.16. The van der Waals surface area contributed by atoms with Crippen LogP contribution < -0.4 is 20.5 Å². The Morgan fingerprint density at radius 2 is 1.94 bits per heavy atom. The first-order valence-corrected chi connectivity index (χ1v) is 12.2. The number of nitrogens with one attached hydrogen (secondary N) is 1. The van der Waals surface area contributed by atoms with Crippen LogP contribution in [0.5, 0.6) is 11.5 Å². The average molecular weight is 485 g/mol. The summed E-state index contributed by atoms with van der Waals surface area (Å²) in [6.45, 7) is 2.55. The molecule has 0 saturated heterocycles. The maximum atomic E-state index is 11.4. The molecule has 9 heteroatoms. The fraction of sp³-hybridized carbons (Fsp3) is 0.296. The van der Waals surface area contributed by atoms with E-state index in [1.807, 2.05) is 16.6 Å². The van der Waals surface area contributed by atoms with Crippen LogP contribution in [0, 0.1) is 0 Å². The molecule has 0 fully saturated rings. The Hall–Kier alpha value is -4.11. The topological polar surface area (TPSA) is 107 Å². The van der Waals surface area contributed by atoms with Crippen LogP contribution in [-0.4, -0.2) is 58.8 Å². The van der Waals surface area contributed by atoms with Gasteiger partial charge >= 0.3 is 0 Å². The number of primary amides is 1. The van der Waals surface area contributed by atoms with Crippen molar-refractivity contribution in [1.82, 2.24) is 19.5 Å². The highest BCUT2D eigenvalue weighted by Gasteiger charge is 2.21. The summed E-state index contributed by atoms with van der Waals surface area (Å²) in [5.41, 5.74) is 12.7. The Morgan fingerprint density at radius 1 is 1.11 bits per heavy atom. The van der Waals surface area contributed by atoms with E-state index in [4.69, 9.17) is 20.3 Å². The van der Waals surface area contributed by atoms with E-state index in [2.05, 4.69) is 45.5 Å². The van der Waals surface area contributed by atoms with E-state index in [1.54, 1.807) is 13.3 Å². The van der Waals surface area contributed by atoms with Gasteiger partial charge in [0.2, 0.25) is 11.9 Å². The quantitative estimate of drug-likeness (QED) is 0.433. The maximum absolute atomic E-state index is 11.4. The largest absolute Gasteiger partial charge is 0.495 e. The van der Waals surface area contributed by atoms with Gasteiger partial charge in [-0.1, -0.05) is 12.1 Å². The van der Waals surface area contributed by atoms with E-state index in [1.165, 1.54) is 16.7 Å². The van der Waals surface area contributed by atoms with E-state index in [0.29, 0.717) is 12.6 Å². The number of ether oxygens (including phenoxy) is 2. The van der Waals surface area contributed by atoms with E-state index >= 15 is 0 Å². The monoisotopic (exact) mass is 484 g/mol. The van der Waals surface area contributed by atoms with Gasteiger partial charge in [-0.3, -0.25) is 9.69 Å². The first-order chi connectivity index (χ1) is 17.6. The minimum atomic E-state index is -0.301. The van der Waals surface area contributed by atoms with Crippen molar-refractivity contribution in [3.63, 3.8) is 0 Å². The zero-order chi connectivity index (χ0) is 24.6. The number of rotatable bonds is 6. The second-order valence-electron chi connectivity index (χ2n) is 9.22. The number of hydrogen-bond donors (Lipinski definition) is 2. The molecule has 0 bridgehead atoms. The zero-order valence-corrected chi connectivity index (χ0v) is 20.2. The molecule has 0 radical (unpaired) electrons. The zero-order valence-electron chi connectivity index (χ0n) is 20.2. The summed E-state index contributed by atoms with van der Waals surface area (Å²) in [5.74, 6) is 1.83. The fourth-order valence-corrected chi connectivity index (χ4v) is 5.15. The number of carbonyl (C=O) groups excluding carboxylic acids is 1. The van der Waals surface area contributed by atoms with Crippen molar-refractivity contribution in [2.45, 2.75) is 19.3 Å². The highest BCUT2D eigenvalue weighted by atomic mass is 16.5. The van der Waals surface area contributed by atoms with Crippen molar-refractivity contribution in [1.29, 1.82) is 0 Å². The molecule has 0 aliphatic carbocycles. The summed E-state index contributed by atoms with van der Waals surface area (Å²) < 4.78 is 13.5. The lowest BCUT2D eigenvalue weighted by molar-refractivity contribution is -0.119. The fourth-order valence-electron chi connectivity index (χ4n) is 5.15. The van der Waals surface area contributed by atoms with Gasteiger partial charge in [0.1, 0.15) is 11.5 Å². The highest BCUT2D eigenvalue weighted by molar-refractivity contribution is 5.76. The summed E-state index contributed by atoms with van der Waals surface area (Å²) in [7, 11) is 1.66. The van der Waals surface area contributed by atoms with Crippen LogP contribution in [0.4, 0.5) is 11.6 Å². The van der Waals surface area contributed by atoms with Crippen LogP contribution in [0.1, 0.15) is 16.7 Å². The van der Waals surface area contributed by atoms with Crippen molar-refractivity contribution in [2.75, 3.05) is 38.7 Å². The normalized spacial score (nSPS) is 15.1. The Kier molecular flexibility index (Phi) is 5.69. The van der Waals surface area contributed by atoms with E-state index in [0.717, 1.165) is 66.3 Å². The van der Waals surface area contributed by atoms with Gasteiger partial charge in [0, 0.05) is 25.1 Å². The number of anilines is 2. The molecule has 184 valence electrons. The minimum Gasteiger partial charge on any atom is -0.495 e. The van der Waals surface area contributed by atoms with Crippen molar-refractivity contribution in [3.05, 3.63) is 65.4 Å². The van der Waals surface area contributed by atoms with Crippen molar-refractivity contribution in [3.8, 4) is 22.8 Å². The van der Waals surface area contributed by atoms with Crippen LogP contribution in [0.25, 0.3) is 16.8 Å². The van der Waals surface area contributed by atoms with Crippen LogP contribution in [0.2, 0.25) is 0 Å². The Morgan fingerprint density at radius 3 is 2.75 bits per heavy atom. The summed E-state index contributed by atoms with van der Waals surface area (Å²) in [6, 6.07) is 14.5. The number of carbonyl (C=O) groups is 1. The summed E-state index contributed by atoms with van der Waals surface area (Å²) in [4.78, 5) is 18.0. The molecule has 6 rings (SSSR count). The summed E-state index contributed by atoms with van der Waals surface area (Å²) in [5, 5.41) is 8.17. The molecule has 0 atom stereocenters. The van der Waals surface area contributed by atoms with E-state index in [9.17, 15) is 4.79 Å². The van der Waals surface area contributed by atoms with Gasteiger partial charge < -0.3 is 20.5 Å². The first kappa shape index (κ1) is 22.4. The van der Waals surface area contributed by atoms with E-state index in [-0.39, 0.29) is 12.5 Å². The average Bonchev–Trinajstić information content (AvgIpc) is 3.48. The third-order valence-electron chi connectivity index (χ3n) is 6.93. The smallest absolute Gasteiger partial charge is 0.245 e. The number of nitrogens with zero attached hydrogens (tertiary/aromatic N) is 4. The molecule has 2 aromatic heterocycles. The Labute approximate surface area is 208 Å². The van der Waals surface area contributed by atoms with Gasteiger partial charge in [-0.2, -0.15) is 0 Å². The van der Waals surface area contributed by atoms with Crippen LogP contribution in [0.3, 0.4) is 0 Å². The minimum absolute atomic E-state index is 0.277. The van der Waals surface area contributed by atoms with E-state index < -0.39 is 0 Å². The second kappa shape index (κ2) is 9.16. The number of amides is 1. The molecular formula is C27H28N6O3. The standard InChI is InChI=1S/C27H28N6O3/c1-35-24-14-19-8-11-32(16-25(28)34)10-7-18(19)13-22(24)30-27-29-15-20-5-6-23(33(20)31-27)21-4-2-3-17-9-12-36-26(17)21/h2-6,13-15H,7-12,16H2,1H3,(H2,28,34)(H,30,31). The van der Waals surface area contributed by atoms with Crippen molar-refractivity contribution < 1.29 is 14.3 Å². The van der Waals surface area contributed by atoms with Gasteiger partial charge in [0.15, 0.2) is 0 Å². The molecule has 2 aliphatic heterocycles. The van der Waals surface area contributed by atoms with Gasteiger partial charge in [0.05, 0.1) is 43.4 Å². The van der Waals surface area contributed by atoms with Gasteiger partial charge in [-0.05, 0) is 59.9 Å². The molecule has 1 amide bonds. The number of nitrogens with two attached hydrogens (primary N) is 1. The summed E-state index contributed by atoms with van der Waals surface area (Å²) in [6.07, 6.45) is 4.38. The lowest BCUT2D eigenvalue weighted by atomic mass is 10.0. The molecule has 2 aliphatic rings. The Bertz CT molecular complexity index is 1460. The molecule has 2 aromatic carbocycles. The van der Waals surface area contributed by atoms with Crippen LogP contribution >= 0.6 is 0 Å². The SMILES string of the molecule is COc1cc2c(cc1Nc1ncc3ccc(-c4cccc5c4OCC5)n3n1)CCN(CC(N)=O)CC2. The number of methoxy groups -OCH3 is 1. The van der Waals surface area contributed by atoms with Crippen molar-refractivity contribution in [2.24, 2.45) is 5.73 Å². The first-order valence-electron chi connectivity index (χ1n) is 12.2. The molecule has 0 saturated carbocycles. The third kappa shape index (κ3) is 4.11. The number of aromatic nitrogens is 3. The summed E-state index contributed by atoms with van der Waals surface area (Å²) >= 11 is 0. The second-order valence-corrected chi connectivity index (χ2v) is 9.22. The number of hydrogen-bond acceptors (Lipinski definition) is 7. The lowest BCUT2D eigenvalue weighted by Crippen LogP contribution is -2.35. The maximum Gasteiger partial charge on any atom is 0.245 e. The Balaban J connectivity index is 1.32. The van der Waals surface area contributed by atoms with Crippen LogP contribution in [-0.2, 0) is 24.1 Å². The van der Waals surface area contributed by atoms with Gasteiger partial charge in [-0.25, -0.2) is 9.50 Å². The predicted octanol–water partition coefficient (Wildman–Crippen LogP) is 2.97. The molecule has 3 N–H and O–H groups in total. The van der Waals surface area contributed by atoms with Gasteiger partial charge in [-0.15, -0.1) is 5.10 Å². The predicted molar refractivity (Wildman–Crippen MR) is 137 cm³/mol. The highest BCUT2D eigenvalue weighted by Crippen LogP contribution is 2.37. The molecule has 0 spiro atoms. The molecule has 36 heavy (non-hydrogen) atoms. The number of fused-ring (bicyclic) bond motifs is 3. The van der Waals surface area contributed by atoms with Crippen LogP contribution in [0.15, 0.2) is 48.7 Å². The van der Waals surface area contributed by atoms with Gasteiger partial charge in [0.25, 0.3) is 0 Å².